The Balaban J connectivity index is 2.36. The van der Waals surface area contributed by atoms with Gasteiger partial charge in [0.25, 0.3) is 0 Å². The number of hydrogen-bond acceptors (Lipinski definition) is 3. The predicted molar refractivity (Wildman–Crippen MR) is 48.2 cm³/mol. The van der Waals surface area contributed by atoms with Crippen LogP contribution in [0.2, 0.25) is 0 Å². The molecule has 0 aromatic heterocycles. The fraction of sp³-hybridized carbons (Fsp3) is 1.00. The Morgan fingerprint density at radius 1 is 1.67 bits per heavy atom. The van der Waals surface area contributed by atoms with E-state index in [1.54, 1.807) is 0 Å². The third kappa shape index (κ3) is 3.09. The number of ether oxygens (including phenoxy) is 1. The maximum atomic E-state index is 9.23. The predicted octanol–water partition coefficient (Wildman–Crippen LogP) is 0.478. The summed E-state index contributed by atoms with van der Waals surface area (Å²) in [5.74, 6) is 0. The summed E-state index contributed by atoms with van der Waals surface area (Å²) in [4.78, 5) is 2.29. The summed E-state index contributed by atoms with van der Waals surface area (Å²) >= 11 is 0. The first-order valence-electron chi connectivity index (χ1n) is 4.70. The summed E-state index contributed by atoms with van der Waals surface area (Å²) in [6, 6.07) is 0.446. The van der Waals surface area contributed by atoms with Crippen LogP contribution in [0.3, 0.4) is 0 Å². The normalized spacial score (nSPS) is 29.8. The fourth-order valence-electron chi connectivity index (χ4n) is 1.56. The van der Waals surface area contributed by atoms with Gasteiger partial charge in [-0.1, -0.05) is 0 Å². The number of nitrogens with zero attached hydrogens (tertiary/aromatic N) is 1. The molecule has 3 heteroatoms. The maximum Gasteiger partial charge on any atom is 0.0639 e. The zero-order chi connectivity index (χ0) is 8.97. The summed E-state index contributed by atoms with van der Waals surface area (Å²) in [5.41, 5.74) is 0. The highest BCUT2D eigenvalue weighted by molar-refractivity contribution is 4.71. The Labute approximate surface area is 74.3 Å². The Morgan fingerprint density at radius 3 is 3.08 bits per heavy atom. The summed E-state index contributed by atoms with van der Waals surface area (Å²) in [5, 5.41) is 9.23. The number of hydrogen-bond donors (Lipinski definition) is 1. The second-order valence-corrected chi connectivity index (χ2v) is 3.62. The molecule has 0 spiro atoms. The average molecular weight is 173 g/mol. The molecule has 1 heterocycles. The van der Waals surface area contributed by atoms with Crippen LogP contribution in [0.5, 0.6) is 0 Å². The fourth-order valence-corrected chi connectivity index (χ4v) is 1.56. The van der Waals surface area contributed by atoms with Crippen LogP contribution in [0.15, 0.2) is 0 Å². The summed E-state index contributed by atoms with van der Waals surface area (Å²) in [7, 11) is 0. The lowest BCUT2D eigenvalue weighted by atomic mass is 10.2. The van der Waals surface area contributed by atoms with Crippen LogP contribution in [0.4, 0.5) is 0 Å². The second kappa shape index (κ2) is 4.80. The monoisotopic (exact) mass is 173 g/mol. The molecule has 1 aliphatic rings. The summed E-state index contributed by atoms with van der Waals surface area (Å²) < 4.78 is 5.40. The maximum absolute atomic E-state index is 9.23. The number of aliphatic hydroxyl groups excluding tert-OH is 1. The van der Waals surface area contributed by atoms with Gasteiger partial charge in [0.2, 0.25) is 0 Å². The van der Waals surface area contributed by atoms with Gasteiger partial charge in [0.05, 0.1) is 12.7 Å². The van der Waals surface area contributed by atoms with Gasteiger partial charge >= 0.3 is 0 Å². The van der Waals surface area contributed by atoms with Crippen LogP contribution in [0, 0.1) is 0 Å². The average Bonchev–Trinajstić information content (AvgIpc) is 2.16. The molecule has 0 bridgehead atoms. The van der Waals surface area contributed by atoms with Gasteiger partial charge in [-0.3, -0.25) is 4.90 Å². The van der Waals surface area contributed by atoms with Gasteiger partial charge < -0.3 is 9.84 Å². The van der Waals surface area contributed by atoms with Gasteiger partial charge in [0.15, 0.2) is 0 Å². The van der Waals surface area contributed by atoms with E-state index in [0.29, 0.717) is 6.04 Å². The van der Waals surface area contributed by atoms with Gasteiger partial charge in [0, 0.05) is 25.7 Å². The van der Waals surface area contributed by atoms with E-state index in [1.165, 1.54) is 0 Å². The SMILES string of the molecule is CC1COCCCN1C[C@@H](C)O. The van der Waals surface area contributed by atoms with E-state index in [0.717, 1.165) is 32.7 Å². The topological polar surface area (TPSA) is 32.7 Å². The van der Waals surface area contributed by atoms with Crippen LogP contribution < -0.4 is 0 Å². The van der Waals surface area contributed by atoms with Crippen molar-refractivity contribution in [1.29, 1.82) is 0 Å². The number of β-amino-alcohol motifs (C(OH)–C–C–N with tert-alkyl or cyclic N) is 1. The molecule has 1 aliphatic heterocycles. The van der Waals surface area contributed by atoms with Gasteiger partial charge in [-0.05, 0) is 20.3 Å². The minimum atomic E-state index is -0.231. The van der Waals surface area contributed by atoms with Crippen molar-refractivity contribution in [3.63, 3.8) is 0 Å². The van der Waals surface area contributed by atoms with Crippen molar-refractivity contribution in [2.24, 2.45) is 0 Å². The van der Waals surface area contributed by atoms with Crippen LogP contribution in [0.1, 0.15) is 20.3 Å². The highest BCUT2D eigenvalue weighted by atomic mass is 16.5. The van der Waals surface area contributed by atoms with Crippen molar-refractivity contribution in [3.05, 3.63) is 0 Å². The lowest BCUT2D eigenvalue weighted by molar-refractivity contribution is 0.0779. The van der Waals surface area contributed by atoms with Crippen LogP contribution >= 0.6 is 0 Å². The van der Waals surface area contributed by atoms with E-state index in [9.17, 15) is 5.11 Å². The van der Waals surface area contributed by atoms with Gasteiger partial charge in [-0.2, -0.15) is 0 Å². The molecule has 3 nitrogen and oxygen atoms in total. The Kier molecular flexibility index (Phi) is 3.98. The van der Waals surface area contributed by atoms with E-state index in [-0.39, 0.29) is 6.10 Å². The van der Waals surface area contributed by atoms with E-state index in [4.69, 9.17) is 4.74 Å². The van der Waals surface area contributed by atoms with E-state index in [1.807, 2.05) is 6.92 Å². The van der Waals surface area contributed by atoms with Crippen molar-refractivity contribution in [2.45, 2.75) is 32.4 Å². The molecule has 0 aliphatic carbocycles. The molecule has 0 aromatic rings. The Morgan fingerprint density at radius 2 is 2.42 bits per heavy atom. The highest BCUT2D eigenvalue weighted by Crippen LogP contribution is 2.07. The minimum absolute atomic E-state index is 0.231. The first-order valence-corrected chi connectivity index (χ1v) is 4.70. The molecule has 2 atom stereocenters. The van der Waals surface area contributed by atoms with Crippen LogP contribution in [-0.4, -0.2) is 48.5 Å². The van der Waals surface area contributed by atoms with E-state index < -0.39 is 0 Å². The molecule has 1 saturated heterocycles. The standard InChI is InChI=1S/C9H19NO2/c1-8-7-12-5-3-4-10(8)6-9(2)11/h8-9,11H,3-7H2,1-2H3/t8?,9-/m1/s1. The summed E-state index contributed by atoms with van der Waals surface area (Å²) in [6.07, 6.45) is 0.849. The van der Waals surface area contributed by atoms with Gasteiger partial charge in [0.1, 0.15) is 0 Å². The van der Waals surface area contributed by atoms with Crippen molar-refractivity contribution in [2.75, 3.05) is 26.3 Å². The molecule has 0 amide bonds. The zero-order valence-electron chi connectivity index (χ0n) is 7.99. The first kappa shape index (κ1) is 9.96. The minimum Gasteiger partial charge on any atom is -0.392 e. The molecule has 1 N–H and O–H groups in total. The lowest BCUT2D eigenvalue weighted by Gasteiger charge is -2.26. The molecule has 1 fully saturated rings. The van der Waals surface area contributed by atoms with Crippen molar-refractivity contribution < 1.29 is 9.84 Å². The van der Waals surface area contributed by atoms with Crippen LogP contribution in [-0.2, 0) is 4.74 Å². The first-order chi connectivity index (χ1) is 5.70. The molecular weight excluding hydrogens is 154 g/mol. The van der Waals surface area contributed by atoms with Crippen molar-refractivity contribution in [3.8, 4) is 0 Å². The van der Waals surface area contributed by atoms with Gasteiger partial charge in [-0.15, -0.1) is 0 Å². The van der Waals surface area contributed by atoms with E-state index >= 15 is 0 Å². The molecule has 0 aromatic carbocycles. The lowest BCUT2D eigenvalue weighted by Crippen LogP contribution is -2.39. The Hall–Kier alpha value is -0.120. The quantitative estimate of drug-likeness (QED) is 0.659. The van der Waals surface area contributed by atoms with Crippen LogP contribution in [0.25, 0.3) is 0 Å². The van der Waals surface area contributed by atoms with Crippen molar-refractivity contribution >= 4 is 0 Å². The molecule has 0 saturated carbocycles. The zero-order valence-corrected chi connectivity index (χ0v) is 7.99. The summed E-state index contributed by atoms with van der Waals surface area (Å²) in [6.45, 7) is 7.45. The third-order valence-corrected chi connectivity index (χ3v) is 2.22. The number of rotatable bonds is 2. The van der Waals surface area contributed by atoms with Gasteiger partial charge in [-0.25, -0.2) is 0 Å². The molecular formula is C9H19NO2. The molecule has 1 unspecified atom stereocenters. The smallest absolute Gasteiger partial charge is 0.0639 e. The molecule has 0 radical (unpaired) electrons. The molecule has 1 rings (SSSR count). The van der Waals surface area contributed by atoms with Crippen molar-refractivity contribution in [1.82, 2.24) is 4.90 Å². The number of aliphatic hydroxyl groups is 1. The second-order valence-electron chi connectivity index (χ2n) is 3.62. The third-order valence-electron chi connectivity index (χ3n) is 2.22. The Bertz CT molecular complexity index is 128. The highest BCUT2D eigenvalue weighted by Gasteiger charge is 2.17. The van der Waals surface area contributed by atoms with E-state index in [2.05, 4.69) is 11.8 Å². The molecule has 12 heavy (non-hydrogen) atoms. The molecule has 72 valence electrons. The largest absolute Gasteiger partial charge is 0.392 e.